The molecule has 8 nitrogen and oxygen atoms in total. The summed E-state index contributed by atoms with van der Waals surface area (Å²) in [5.41, 5.74) is 11.1. The number of fused-ring (bicyclic) bond motifs is 5. The number of carboxylic acids is 1. The van der Waals surface area contributed by atoms with Crippen LogP contribution in [0.3, 0.4) is 0 Å². The lowest BCUT2D eigenvalue weighted by Gasteiger charge is -2.27. The molecule has 12 heteroatoms. The molecular formula is C42H36N6O2S3Si. The van der Waals surface area contributed by atoms with E-state index in [-0.39, 0.29) is 15.4 Å². The minimum absolute atomic E-state index is 0.0844. The van der Waals surface area contributed by atoms with Crippen LogP contribution in [0, 0.1) is 18.3 Å². The first-order valence-corrected chi connectivity index (χ1v) is 21.8. The molecule has 5 aliphatic rings. The first-order valence-electron chi connectivity index (χ1n) is 18.5. The Morgan fingerprint density at radius 1 is 1.02 bits per heavy atom. The van der Waals surface area contributed by atoms with Gasteiger partial charge < -0.3 is 10.0 Å². The van der Waals surface area contributed by atoms with Gasteiger partial charge >= 0.3 is 15.8 Å². The van der Waals surface area contributed by atoms with E-state index >= 15 is 0 Å². The second kappa shape index (κ2) is 14.4. The normalized spacial score (nSPS) is 18.8. The monoisotopic (exact) mass is 780 g/mol. The van der Waals surface area contributed by atoms with Crippen molar-refractivity contribution in [3.05, 3.63) is 105 Å². The lowest BCUT2D eigenvalue weighted by atomic mass is 9.92. The van der Waals surface area contributed by atoms with Gasteiger partial charge in [0.25, 0.3) is 0 Å². The number of unbranched alkanes of at least 4 members (excludes halogenated alkanes) is 3. The molecule has 3 aromatic carbocycles. The van der Waals surface area contributed by atoms with E-state index in [2.05, 4.69) is 67.3 Å². The number of carboxylic acid groups (broad SMARTS) is 1. The predicted molar refractivity (Wildman–Crippen MR) is 224 cm³/mol. The van der Waals surface area contributed by atoms with Gasteiger partial charge in [-0.05, 0) is 97.9 Å². The third-order valence-corrected chi connectivity index (χ3v) is 14.5. The van der Waals surface area contributed by atoms with Crippen LogP contribution in [0.1, 0.15) is 79.4 Å². The molecule has 0 amide bonds. The van der Waals surface area contributed by atoms with E-state index in [0.717, 1.165) is 77.5 Å². The molecule has 0 spiro atoms. The number of hydrogen-bond acceptors (Lipinski definition) is 8. The fraction of sp³-hybridized carbons (Fsp3) is 0.286. The number of aliphatic carboxylic acids is 1. The third-order valence-electron chi connectivity index (χ3n) is 10.9. The maximum absolute atomic E-state index is 11.5. The van der Waals surface area contributed by atoms with Crippen molar-refractivity contribution < 1.29 is 9.90 Å². The number of nitrogens with zero attached hydrogens (tertiary/aromatic N) is 6. The molecule has 0 saturated heterocycles. The van der Waals surface area contributed by atoms with Crippen molar-refractivity contribution in [1.82, 2.24) is 0 Å². The van der Waals surface area contributed by atoms with Crippen LogP contribution in [0.25, 0.3) is 21.6 Å². The van der Waals surface area contributed by atoms with Gasteiger partial charge in [-0.1, -0.05) is 56.4 Å². The number of allylic oxidation sites excluding steroid dienone is 3. The highest BCUT2D eigenvalue weighted by molar-refractivity contribution is 8.00. The van der Waals surface area contributed by atoms with Crippen molar-refractivity contribution in [2.24, 2.45) is 18.0 Å². The molecule has 9 rings (SSSR count). The molecule has 1 aromatic heterocycles. The Labute approximate surface area is 327 Å². The fourth-order valence-electron chi connectivity index (χ4n) is 8.41. The van der Waals surface area contributed by atoms with Crippen LogP contribution in [0.2, 0.25) is 0 Å². The van der Waals surface area contributed by atoms with E-state index in [9.17, 15) is 15.2 Å². The number of anilines is 2. The summed E-state index contributed by atoms with van der Waals surface area (Å²) in [4.78, 5) is 18.2. The largest absolute Gasteiger partial charge is 0.477 e. The highest BCUT2D eigenvalue weighted by Crippen LogP contribution is 2.54. The maximum Gasteiger partial charge on any atom is 0.375 e. The number of rotatable bonds is 11. The number of nitriles is 1. The third kappa shape index (κ3) is 6.03. The molecule has 1 fully saturated rings. The van der Waals surface area contributed by atoms with Gasteiger partial charge in [-0.25, -0.2) is 4.79 Å². The van der Waals surface area contributed by atoms with Gasteiger partial charge in [0.05, 0.1) is 22.1 Å². The van der Waals surface area contributed by atoms with Crippen LogP contribution in [0.4, 0.5) is 22.7 Å². The average Bonchev–Trinajstić information content (AvgIpc) is 4.03. The molecule has 5 heterocycles. The van der Waals surface area contributed by atoms with E-state index in [1.54, 1.807) is 17.4 Å². The molecule has 2 unspecified atom stereocenters. The van der Waals surface area contributed by atoms with Gasteiger partial charge in [-0.15, -0.1) is 22.3 Å². The van der Waals surface area contributed by atoms with Crippen molar-refractivity contribution in [2.45, 2.75) is 77.2 Å². The quantitative estimate of drug-likeness (QED) is 0.0473. The summed E-state index contributed by atoms with van der Waals surface area (Å²) >= 11 is 2.97. The van der Waals surface area contributed by atoms with E-state index in [0.29, 0.717) is 12.0 Å². The topological polar surface area (TPSA) is 114 Å². The van der Waals surface area contributed by atoms with E-state index in [1.807, 2.05) is 12.2 Å². The molecule has 2 atom stereocenters. The molecule has 0 bridgehead atoms. The molecule has 1 aliphatic carbocycles. The number of benzene rings is 3. The zero-order valence-corrected chi connectivity index (χ0v) is 33.4. The minimum atomic E-state index is -1.22. The van der Waals surface area contributed by atoms with Crippen LogP contribution in [-0.4, -0.2) is 36.7 Å². The molecule has 1 N–H and O–H groups in total. The van der Waals surface area contributed by atoms with Crippen LogP contribution in [0.5, 0.6) is 0 Å². The molecule has 54 heavy (non-hydrogen) atoms. The Balaban J connectivity index is 1.16. The first-order chi connectivity index (χ1) is 26.4. The highest BCUT2D eigenvalue weighted by atomic mass is 32.1. The van der Waals surface area contributed by atoms with E-state index in [4.69, 9.17) is 18.0 Å². The van der Waals surface area contributed by atoms with Crippen molar-refractivity contribution in [2.75, 3.05) is 4.90 Å². The molecule has 4 aliphatic heterocycles. The highest BCUT2D eigenvalue weighted by Gasteiger charge is 2.42. The number of aryl methyl sites for hydroxylation is 2. The molecule has 268 valence electrons. The summed E-state index contributed by atoms with van der Waals surface area (Å²) in [6, 6.07) is 20.5. The van der Waals surface area contributed by atoms with E-state index in [1.165, 1.54) is 88.5 Å². The second-order valence-electron chi connectivity index (χ2n) is 14.3. The van der Waals surface area contributed by atoms with Crippen molar-refractivity contribution in [3.8, 4) is 27.6 Å². The Kier molecular flexibility index (Phi) is 9.35. The van der Waals surface area contributed by atoms with Crippen molar-refractivity contribution in [3.63, 3.8) is 0 Å². The van der Waals surface area contributed by atoms with Gasteiger partial charge in [-0.2, -0.15) is 14.0 Å². The summed E-state index contributed by atoms with van der Waals surface area (Å²) in [7, 11) is 1.59. The summed E-state index contributed by atoms with van der Waals surface area (Å²) in [5.74, 6) is -0.729. The van der Waals surface area contributed by atoms with Crippen LogP contribution in [0.15, 0.2) is 90.4 Å². The Hall–Kier alpha value is -4.80. The number of carbonyl (C=O) groups is 1. The molecular weight excluding hydrogens is 745 g/mol. The molecule has 1 saturated carbocycles. The van der Waals surface area contributed by atoms with Gasteiger partial charge in [-0.3, -0.25) is 9.32 Å². The predicted octanol–water partition coefficient (Wildman–Crippen LogP) is 9.35. The Morgan fingerprint density at radius 3 is 2.59 bits per heavy atom. The SMILES string of the molecule is CCCCCCc1cc(-c2c3c(c(-c4ccc5c(c4)C4CCCC4N5c4ccc(C)cc4)c4c2=N[Si]N=4)N=S=N3)sc1C1=S=C(/C=C(\C#N)C(=O)O)C=C1. The van der Waals surface area contributed by atoms with Crippen molar-refractivity contribution >= 4 is 81.9 Å². The summed E-state index contributed by atoms with van der Waals surface area (Å²) in [5, 5.41) is 20.6. The van der Waals surface area contributed by atoms with Gasteiger partial charge in [0, 0.05) is 53.9 Å². The van der Waals surface area contributed by atoms with Gasteiger partial charge in [0.2, 0.25) is 0 Å². The van der Waals surface area contributed by atoms with Crippen LogP contribution < -0.4 is 15.6 Å². The zero-order chi connectivity index (χ0) is 36.9. The zero-order valence-electron chi connectivity index (χ0n) is 29.9. The lowest BCUT2D eigenvalue weighted by Crippen LogP contribution is -2.26. The van der Waals surface area contributed by atoms with Crippen LogP contribution >= 0.6 is 22.3 Å². The smallest absolute Gasteiger partial charge is 0.375 e. The Morgan fingerprint density at radius 2 is 1.81 bits per heavy atom. The minimum Gasteiger partial charge on any atom is -0.477 e. The Bertz CT molecular complexity index is 2660. The average molecular weight is 781 g/mol. The summed E-state index contributed by atoms with van der Waals surface area (Å²) in [6.45, 7) is 4.37. The van der Waals surface area contributed by atoms with Crippen LogP contribution in [-0.2, 0) is 22.6 Å². The summed E-state index contributed by atoms with van der Waals surface area (Å²) < 4.78 is 20.0. The van der Waals surface area contributed by atoms with E-state index < -0.39 is 5.97 Å². The number of hydrogen-bond donors (Lipinski definition) is 1. The molecule has 4 aromatic rings. The standard InChI is InChI=1S/C42H36N6O2S3Si/c1-3-4-5-6-8-25-21-34(52-41(25)33-18-16-28(51-33)19-26(22-43)42(49)50)36-38-37(44-53-45-38)35(39-40(36)47-54-46-39)24-13-17-32-30(20-24)29-9-7-10-31(29)48(32)27-14-11-23(2)12-15-27/h11-21,29,31H,3-10H2,1-2H3,(H,49,50)/b26-19+. The van der Waals surface area contributed by atoms with Gasteiger partial charge in [0.1, 0.15) is 23.0 Å². The lowest BCUT2D eigenvalue weighted by molar-refractivity contribution is -0.132. The fourth-order valence-corrected chi connectivity index (χ4v) is 12.0. The summed E-state index contributed by atoms with van der Waals surface area (Å²) in [6.07, 6.45) is 14.6. The first kappa shape index (κ1) is 34.9. The number of thiophene rings is 1. The second-order valence-corrected chi connectivity index (χ2v) is 17.6. The maximum atomic E-state index is 11.5. The van der Waals surface area contributed by atoms with Gasteiger partial charge in [0.15, 0.2) is 0 Å². The molecule has 2 radical (unpaired) electrons. The van der Waals surface area contributed by atoms with Crippen molar-refractivity contribution in [1.29, 1.82) is 5.26 Å².